The van der Waals surface area contributed by atoms with Gasteiger partial charge in [-0.05, 0) is 63.2 Å². The van der Waals surface area contributed by atoms with Crippen LogP contribution in [0, 0.1) is 13.1 Å². The number of benzene rings is 1. The molecule has 0 bridgehead atoms. The van der Waals surface area contributed by atoms with Crippen molar-refractivity contribution in [2.24, 2.45) is 5.92 Å². The van der Waals surface area contributed by atoms with Crippen LogP contribution >= 0.6 is 45.2 Å². The second-order valence-corrected chi connectivity index (χ2v) is 6.60. The summed E-state index contributed by atoms with van der Waals surface area (Å²) in [5.41, 5.74) is 0.207. The SMILES string of the molecule is CC(CNC(=O)c1cc(I)cc(I)c1O)CC(=O)O. The van der Waals surface area contributed by atoms with Gasteiger partial charge in [-0.1, -0.05) is 6.92 Å². The highest BCUT2D eigenvalue weighted by molar-refractivity contribution is 14.1. The predicted molar refractivity (Wildman–Crippen MR) is 87.3 cm³/mol. The second-order valence-electron chi connectivity index (χ2n) is 4.20. The van der Waals surface area contributed by atoms with E-state index in [9.17, 15) is 14.7 Å². The summed E-state index contributed by atoms with van der Waals surface area (Å²) in [5, 5.41) is 21.1. The molecule has 0 aliphatic rings. The maximum atomic E-state index is 11.9. The van der Waals surface area contributed by atoms with Gasteiger partial charge in [0.25, 0.3) is 5.91 Å². The lowest BCUT2D eigenvalue weighted by atomic mass is 10.1. The molecule has 0 saturated heterocycles. The lowest BCUT2D eigenvalue weighted by molar-refractivity contribution is -0.137. The minimum Gasteiger partial charge on any atom is -0.506 e. The molecule has 1 unspecified atom stereocenters. The third-order valence-electron chi connectivity index (χ3n) is 2.41. The Hall–Kier alpha value is -0.580. The van der Waals surface area contributed by atoms with Crippen molar-refractivity contribution in [1.82, 2.24) is 5.32 Å². The molecular weight excluding hydrogens is 476 g/mol. The summed E-state index contributed by atoms with van der Waals surface area (Å²) in [6.07, 6.45) is -0.00385. The minimum atomic E-state index is -0.895. The van der Waals surface area contributed by atoms with Crippen LogP contribution in [-0.4, -0.2) is 28.6 Å². The van der Waals surface area contributed by atoms with E-state index in [0.29, 0.717) is 3.57 Å². The molecule has 0 saturated carbocycles. The van der Waals surface area contributed by atoms with Gasteiger partial charge in [-0.15, -0.1) is 0 Å². The quantitative estimate of drug-likeness (QED) is 0.556. The van der Waals surface area contributed by atoms with Crippen LogP contribution in [-0.2, 0) is 4.79 Å². The van der Waals surface area contributed by atoms with E-state index in [0.717, 1.165) is 3.57 Å². The van der Waals surface area contributed by atoms with Gasteiger partial charge in [-0.3, -0.25) is 9.59 Å². The van der Waals surface area contributed by atoms with Crippen molar-refractivity contribution in [3.8, 4) is 5.75 Å². The smallest absolute Gasteiger partial charge is 0.303 e. The number of aliphatic carboxylic acids is 1. The van der Waals surface area contributed by atoms with E-state index in [4.69, 9.17) is 5.11 Å². The molecule has 1 atom stereocenters. The molecule has 1 aromatic carbocycles. The highest BCUT2D eigenvalue weighted by Gasteiger charge is 2.16. The van der Waals surface area contributed by atoms with E-state index in [-0.39, 0.29) is 30.2 Å². The first-order valence-electron chi connectivity index (χ1n) is 5.49. The number of carboxylic acids is 1. The van der Waals surface area contributed by atoms with Gasteiger partial charge >= 0.3 is 5.97 Å². The Labute approximate surface area is 138 Å². The number of carbonyl (C=O) groups excluding carboxylic acids is 1. The summed E-state index contributed by atoms with van der Waals surface area (Å²) in [5.74, 6) is -1.51. The van der Waals surface area contributed by atoms with Crippen molar-refractivity contribution in [3.05, 3.63) is 24.8 Å². The average Bonchev–Trinajstić information content (AvgIpc) is 2.29. The number of carbonyl (C=O) groups is 2. The highest BCUT2D eigenvalue weighted by atomic mass is 127. The first kappa shape index (κ1) is 16.5. The fraction of sp³-hybridized carbons (Fsp3) is 0.333. The molecule has 5 nitrogen and oxygen atoms in total. The number of phenolic OH excluding ortho intramolecular Hbond substituents is 1. The molecule has 7 heteroatoms. The first-order chi connectivity index (χ1) is 8.81. The minimum absolute atomic E-state index is 0.00385. The van der Waals surface area contributed by atoms with Crippen molar-refractivity contribution in [1.29, 1.82) is 0 Å². The number of rotatable bonds is 5. The Bertz CT molecular complexity index is 505. The Kier molecular flexibility index (Phi) is 6.30. The van der Waals surface area contributed by atoms with Crippen molar-refractivity contribution in [2.75, 3.05) is 6.54 Å². The summed E-state index contributed by atoms with van der Waals surface area (Å²) in [6, 6.07) is 3.36. The predicted octanol–water partition coefficient (Wildman–Crippen LogP) is 2.44. The van der Waals surface area contributed by atoms with E-state index in [1.165, 1.54) is 0 Å². The third kappa shape index (κ3) is 5.13. The van der Waals surface area contributed by atoms with Crippen molar-refractivity contribution in [3.63, 3.8) is 0 Å². The molecule has 0 fully saturated rings. The van der Waals surface area contributed by atoms with E-state index < -0.39 is 11.9 Å². The molecule has 0 spiro atoms. The number of amides is 1. The van der Waals surface area contributed by atoms with Crippen LogP contribution in [0.1, 0.15) is 23.7 Å². The van der Waals surface area contributed by atoms with Gasteiger partial charge in [-0.2, -0.15) is 0 Å². The van der Waals surface area contributed by atoms with E-state index in [1.807, 2.05) is 22.6 Å². The normalized spacial score (nSPS) is 11.9. The van der Waals surface area contributed by atoms with E-state index in [1.54, 1.807) is 19.1 Å². The van der Waals surface area contributed by atoms with Crippen molar-refractivity contribution < 1.29 is 19.8 Å². The Morgan fingerprint density at radius 1 is 1.37 bits per heavy atom. The van der Waals surface area contributed by atoms with Crippen molar-refractivity contribution >= 4 is 57.1 Å². The van der Waals surface area contributed by atoms with E-state index >= 15 is 0 Å². The molecule has 19 heavy (non-hydrogen) atoms. The molecule has 1 rings (SSSR count). The summed E-state index contributed by atoms with van der Waals surface area (Å²) >= 11 is 4.02. The van der Waals surface area contributed by atoms with E-state index in [2.05, 4.69) is 27.9 Å². The first-order valence-corrected chi connectivity index (χ1v) is 7.65. The highest BCUT2D eigenvalue weighted by Crippen LogP contribution is 2.26. The molecule has 0 heterocycles. The molecule has 3 N–H and O–H groups in total. The zero-order chi connectivity index (χ0) is 14.6. The molecule has 0 aromatic heterocycles. The van der Waals surface area contributed by atoms with Crippen LogP contribution in [0.15, 0.2) is 12.1 Å². The van der Waals surface area contributed by atoms with Crippen LogP contribution in [0.2, 0.25) is 0 Å². The number of nitrogens with one attached hydrogen (secondary N) is 1. The van der Waals surface area contributed by atoms with Crippen LogP contribution in [0.25, 0.3) is 0 Å². The number of phenols is 1. The summed E-state index contributed by atoms with van der Waals surface area (Å²) in [6.45, 7) is 2.00. The van der Waals surface area contributed by atoms with Gasteiger partial charge in [0, 0.05) is 16.5 Å². The Morgan fingerprint density at radius 3 is 2.58 bits per heavy atom. The summed E-state index contributed by atoms with van der Waals surface area (Å²) in [4.78, 5) is 22.4. The van der Waals surface area contributed by atoms with Gasteiger partial charge in [0.05, 0.1) is 9.13 Å². The molecule has 104 valence electrons. The van der Waals surface area contributed by atoms with Crippen molar-refractivity contribution in [2.45, 2.75) is 13.3 Å². The van der Waals surface area contributed by atoms with Gasteiger partial charge in [0.1, 0.15) is 5.75 Å². The van der Waals surface area contributed by atoms with Crippen LogP contribution in [0.5, 0.6) is 5.75 Å². The molecule has 1 aromatic rings. The largest absolute Gasteiger partial charge is 0.506 e. The maximum absolute atomic E-state index is 11.9. The number of aromatic hydroxyl groups is 1. The number of halogens is 2. The zero-order valence-electron chi connectivity index (χ0n) is 10.1. The molecular formula is C12H13I2NO4. The van der Waals surface area contributed by atoms with Gasteiger partial charge in [0.2, 0.25) is 0 Å². The standard InChI is InChI=1S/C12H13I2NO4/c1-6(2-10(16)17)5-15-12(19)8-3-7(13)4-9(14)11(8)18/h3-4,6,18H,2,5H2,1H3,(H,15,19)(H,16,17). The molecule has 0 aliphatic heterocycles. The average molecular weight is 489 g/mol. The zero-order valence-corrected chi connectivity index (χ0v) is 14.4. The lowest BCUT2D eigenvalue weighted by Gasteiger charge is -2.12. The van der Waals surface area contributed by atoms with Gasteiger partial charge < -0.3 is 15.5 Å². The lowest BCUT2D eigenvalue weighted by Crippen LogP contribution is -2.29. The van der Waals surface area contributed by atoms with Gasteiger partial charge in [0.15, 0.2) is 0 Å². The number of carboxylic acid groups (broad SMARTS) is 1. The van der Waals surface area contributed by atoms with Crippen LogP contribution in [0.3, 0.4) is 0 Å². The van der Waals surface area contributed by atoms with Crippen LogP contribution < -0.4 is 5.32 Å². The maximum Gasteiger partial charge on any atom is 0.303 e. The Balaban J connectivity index is 2.71. The summed E-state index contributed by atoms with van der Waals surface area (Å²) in [7, 11) is 0. The van der Waals surface area contributed by atoms with Gasteiger partial charge in [-0.25, -0.2) is 0 Å². The monoisotopic (exact) mass is 489 g/mol. The second kappa shape index (κ2) is 7.27. The fourth-order valence-electron chi connectivity index (χ4n) is 1.47. The van der Waals surface area contributed by atoms with Crippen LogP contribution in [0.4, 0.5) is 0 Å². The number of hydrogen-bond donors (Lipinski definition) is 3. The molecule has 0 radical (unpaired) electrons. The Morgan fingerprint density at radius 2 is 2.00 bits per heavy atom. The third-order valence-corrected chi connectivity index (χ3v) is 3.85. The summed E-state index contributed by atoms with van der Waals surface area (Å²) < 4.78 is 1.46. The molecule has 0 aliphatic carbocycles. The number of hydrogen-bond acceptors (Lipinski definition) is 3. The molecule has 1 amide bonds. The fourth-order valence-corrected chi connectivity index (χ4v) is 3.32. The topological polar surface area (TPSA) is 86.6 Å².